The van der Waals surface area contributed by atoms with Crippen molar-refractivity contribution in [2.45, 2.75) is 19.8 Å². The summed E-state index contributed by atoms with van der Waals surface area (Å²) in [5.41, 5.74) is 2.40. The predicted molar refractivity (Wildman–Crippen MR) is 61.6 cm³/mol. The fourth-order valence-corrected chi connectivity index (χ4v) is 2.30. The lowest BCUT2D eigenvalue weighted by Crippen LogP contribution is -2.04. The number of carbonyl (C=O) groups is 1. The van der Waals surface area contributed by atoms with Crippen molar-refractivity contribution in [3.05, 3.63) is 34.5 Å². The van der Waals surface area contributed by atoms with Crippen LogP contribution >= 0.6 is 11.6 Å². The molecule has 6 heteroatoms. The minimum absolute atomic E-state index is 0.156. The molecule has 1 aliphatic carbocycles. The first-order chi connectivity index (χ1) is 8.16. The van der Waals surface area contributed by atoms with Gasteiger partial charge in [-0.25, -0.2) is 14.6 Å². The van der Waals surface area contributed by atoms with Crippen molar-refractivity contribution < 1.29 is 4.79 Å². The van der Waals surface area contributed by atoms with E-state index in [1.807, 2.05) is 6.92 Å². The quantitative estimate of drug-likeness (QED) is 0.722. The van der Waals surface area contributed by atoms with Gasteiger partial charge in [0, 0.05) is 12.5 Å². The molecule has 0 aromatic carbocycles. The van der Waals surface area contributed by atoms with Crippen LogP contribution in [0.2, 0.25) is 5.15 Å². The summed E-state index contributed by atoms with van der Waals surface area (Å²) in [6.45, 7) is 1.83. The standard InChI is InChI=1S/C11H9ClN4O/c1-6-11-7(2-3-8(11)17)16(15-6)10-4-9(12)13-5-14-10/h4-5H,2-3H2,1H3. The highest BCUT2D eigenvalue weighted by Gasteiger charge is 2.28. The number of nitrogens with zero attached hydrogens (tertiary/aromatic N) is 4. The van der Waals surface area contributed by atoms with Crippen LogP contribution in [0.15, 0.2) is 12.4 Å². The number of Topliss-reactive ketones (excluding diaryl/α,β-unsaturated/α-hetero) is 1. The molecule has 3 rings (SSSR count). The molecule has 0 radical (unpaired) electrons. The normalized spacial score (nSPS) is 14.1. The fraction of sp³-hybridized carbons (Fsp3) is 0.273. The van der Waals surface area contributed by atoms with E-state index in [9.17, 15) is 4.79 Å². The monoisotopic (exact) mass is 248 g/mol. The number of aryl methyl sites for hydroxylation is 1. The molecular weight excluding hydrogens is 240 g/mol. The third kappa shape index (κ3) is 1.54. The van der Waals surface area contributed by atoms with Gasteiger partial charge in [0.15, 0.2) is 11.6 Å². The molecule has 2 aromatic rings. The Hall–Kier alpha value is -1.75. The Morgan fingerprint density at radius 1 is 1.35 bits per heavy atom. The molecule has 0 saturated heterocycles. The number of hydrogen-bond donors (Lipinski definition) is 0. The summed E-state index contributed by atoms with van der Waals surface area (Å²) >= 11 is 5.82. The second-order valence-corrected chi connectivity index (χ2v) is 4.33. The molecule has 0 unspecified atom stereocenters. The first-order valence-corrected chi connectivity index (χ1v) is 5.64. The van der Waals surface area contributed by atoms with E-state index in [2.05, 4.69) is 15.1 Å². The summed E-state index contributed by atoms with van der Waals surface area (Å²) < 4.78 is 1.68. The Morgan fingerprint density at radius 3 is 2.94 bits per heavy atom. The summed E-state index contributed by atoms with van der Waals surface area (Å²) in [6.07, 6.45) is 2.64. The highest BCUT2D eigenvalue weighted by Crippen LogP contribution is 2.26. The van der Waals surface area contributed by atoms with Gasteiger partial charge in [0.2, 0.25) is 0 Å². The van der Waals surface area contributed by atoms with Crippen LogP contribution in [0, 0.1) is 6.92 Å². The van der Waals surface area contributed by atoms with Crippen molar-refractivity contribution >= 4 is 17.4 Å². The summed E-state index contributed by atoms with van der Waals surface area (Å²) in [7, 11) is 0. The first kappa shape index (κ1) is 10.4. The Bertz CT molecular complexity index is 620. The SMILES string of the molecule is Cc1nn(-c2cc(Cl)ncn2)c2c1C(=O)CC2. The molecule has 0 spiro atoms. The Balaban J connectivity index is 2.20. The molecule has 5 nitrogen and oxygen atoms in total. The van der Waals surface area contributed by atoms with Crippen LogP contribution < -0.4 is 0 Å². The van der Waals surface area contributed by atoms with Crippen LogP contribution in [-0.2, 0) is 6.42 Å². The highest BCUT2D eigenvalue weighted by molar-refractivity contribution is 6.29. The zero-order valence-corrected chi connectivity index (χ0v) is 9.90. The lowest BCUT2D eigenvalue weighted by atomic mass is 10.2. The minimum atomic E-state index is 0.156. The van der Waals surface area contributed by atoms with Gasteiger partial charge in [-0.3, -0.25) is 4.79 Å². The second kappa shape index (κ2) is 3.63. The number of carbonyl (C=O) groups excluding carboxylic acids is 1. The van der Waals surface area contributed by atoms with E-state index in [0.29, 0.717) is 23.8 Å². The van der Waals surface area contributed by atoms with Gasteiger partial charge >= 0.3 is 0 Å². The topological polar surface area (TPSA) is 60.7 Å². The lowest BCUT2D eigenvalue weighted by Gasteiger charge is -2.03. The van der Waals surface area contributed by atoms with E-state index in [4.69, 9.17) is 11.6 Å². The molecule has 86 valence electrons. The molecule has 0 aliphatic heterocycles. The number of rotatable bonds is 1. The van der Waals surface area contributed by atoms with E-state index in [-0.39, 0.29) is 5.78 Å². The molecule has 0 fully saturated rings. The van der Waals surface area contributed by atoms with E-state index in [1.165, 1.54) is 6.33 Å². The molecular formula is C11H9ClN4O. The maximum Gasteiger partial charge on any atom is 0.166 e. The van der Waals surface area contributed by atoms with E-state index in [0.717, 1.165) is 17.0 Å². The second-order valence-electron chi connectivity index (χ2n) is 3.94. The van der Waals surface area contributed by atoms with E-state index >= 15 is 0 Å². The van der Waals surface area contributed by atoms with Crippen LogP contribution in [0.5, 0.6) is 0 Å². The average molecular weight is 249 g/mol. The zero-order chi connectivity index (χ0) is 12.0. The van der Waals surface area contributed by atoms with Crippen LogP contribution in [0.25, 0.3) is 5.82 Å². The molecule has 0 saturated carbocycles. The average Bonchev–Trinajstić information content (AvgIpc) is 2.82. The predicted octanol–water partition coefficient (Wildman–Crippen LogP) is 1.75. The van der Waals surface area contributed by atoms with Gasteiger partial charge in [-0.1, -0.05) is 11.6 Å². The molecule has 17 heavy (non-hydrogen) atoms. The molecule has 2 aromatic heterocycles. The van der Waals surface area contributed by atoms with Crippen molar-refractivity contribution in [3.63, 3.8) is 0 Å². The molecule has 1 aliphatic rings. The van der Waals surface area contributed by atoms with E-state index in [1.54, 1.807) is 10.7 Å². The smallest absolute Gasteiger partial charge is 0.166 e. The summed E-state index contributed by atoms with van der Waals surface area (Å²) in [4.78, 5) is 19.6. The Kier molecular flexibility index (Phi) is 2.22. The van der Waals surface area contributed by atoms with Crippen molar-refractivity contribution in [1.29, 1.82) is 0 Å². The summed E-state index contributed by atoms with van der Waals surface area (Å²) in [5, 5.41) is 4.70. The fourth-order valence-electron chi connectivity index (χ4n) is 2.16. The van der Waals surface area contributed by atoms with Crippen molar-refractivity contribution in [2.75, 3.05) is 0 Å². The van der Waals surface area contributed by atoms with Crippen molar-refractivity contribution in [2.24, 2.45) is 0 Å². The molecule has 0 N–H and O–H groups in total. The van der Waals surface area contributed by atoms with Crippen LogP contribution in [0.1, 0.15) is 28.2 Å². The van der Waals surface area contributed by atoms with Gasteiger partial charge in [-0.15, -0.1) is 0 Å². The van der Waals surface area contributed by atoms with Crippen molar-refractivity contribution in [3.8, 4) is 5.82 Å². The highest BCUT2D eigenvalue weighted by atomic mass is 35.5. The van der Waals surface area contributed by atoms with Crippen LogP contribution in [0.4, 0.5) is 0 Å². The third-order valence-electron chi connectivity index (χ3n) is 2.86. The minimum Gasteiger partial charge on any atom is -0.294 e. The van der Waals surface area contributed by atoms with E-state index < -0.39 is 0 Å². The lowest BCUT2D eigenvalue weighted by molar-refractivity contribution is 0.0994. The molecule has 2 heterocycles. The van der Waals surface area contributed by atoms with Crippen LogP contribution in [-0.4, -0.2) is 25.5 Å². The number of fused-ring (bicyclic) bond motifs is 1. The Labute approximate surface area is 102 Å². The maximum absolute atomic E-state index is 11.7. The number of halogens is 1. The zero-order valence-electron chi connectivity index (χ0n) is 9.14. The van der Waals surface area contributed by atoms with Crippen molar-refractivity contribution in [1.82, 2.24) is 19.7 Å². The summed E-state index contributed by atoms with van der Waals surface area (Å²) in [6, 6.07) is 1.64. The number of aromatic nitrogens is 4. The molecule has 0 bridgehead atoms. The first-order valence-electron chi connectivity index (χ1n) is 5.26. The van der Waals surface area contributed by atoms with Crippen LogP contribution in [0.3, 0.4) is 0 Å². The number of ketones is 1. The Morgan fingerprint density at radius 2 is 2.18 bits per heavy atom. The van der Waals surface area contributed by atoms with Gasteiger partial charge in [-0.2, -0.15) is 5.10 Å². The largest absolute Gasteiger partial charge is 0.294 e. The third-order valence-corrected chi connectivity index (χ3v) is 3.07. The maximum atomic E-state index is 11.7. The van der Waals surface area contributed by atoms with Gasteiger partial charge in [0.05, 0.1) is 17.0 Å². The molecule has 0 atom stereocenters. The van der Waals surface area contributed by atoms with Gasteiger partial charge < -0.3 is 0 Å². The number of hydrogen-bond acceptors (Lipinski definition) is 4. The van der Waals surface area contributed by atoms with Gasteiger partial charge in [-0.05, 0) is 13.3 Å². The summed E-state index contributed by atoms with van der Waals surface area (Å²) in [5.74, 6) is 0.757. The molecule has 0 amide bonds. The van der Waals surface area contributed by atoms with Gasteiger partial charge in [0.25, 0.3) is 0 Å². The van der Waals surface area contributed by atoms with Gasteiger partial charge in [0.1, 0.15) is 11.5 Å².